The van der Waals surface area contributed by atoms with Crippen molar-refractivity contribution in [3.8, 4) is 10.4 Å². The first-order valence-electron chi connectivity index (χ1n) is 14.7. The zero-order valence-corrected chi connectivity index (χ0v) is 27.0. The van der Waals surface area contributed by atoms with Gasteiger partial charge in [0.2, 0.25) is 17.7 Å². The minimum absolute atomic E-state index is 0.00244. The van der Waals surface area contributed by atoms with Crippen LogP contribution in [0.3, 0.4) is 0 Å². The van der Waals surface area contributed by atoms with Gasteiger partial charge in [0.15, 0.2) is 6.29 Å². The molecule has 2 aromatic rings. The van der Waals surface area contributed by atoms with Gasteiger partial charge in [-0.1, -0.05) is 45.0 Å². The predicted octanol–water partition coefficient (Wildman–Crippen LogP) is 3.20. The maximum atomic E-state index is 13.8. The van der Waals surface area contributed by atoms with E-state index >= 15 is 0 Å². The highest BCUT2D eigenvalue weighted by Gasteiger charge is 2.44. The van der Waals surface area contributed by atoms with E-state index in [0.717, 1.165) is 21.7 Å². The first-order valence-corrected chi connectivity index (χ1v) is 15.6. The Hall–Kier alpha value is -2.90. The van der Waals surface area contributed by atoms with Gasteiger partial charge < -0.3 is 34.9 Å². The lowest BCUT2D eigenvalue weighted by atomic mass is 9.85. The molecule has 1 fully saturated rings. The molecule has 1 aromatic carbocycles. The van der Waals surface area contributed by atoms with Crippen molar-refractivity contribution in [2.75, 3.05) is 33.0 Å². The summed E-state index contributed by atoms with van der Waals surface area (Å²) in [7, 11) is 0. The number of hydrogen-bond acceptors (Lipinski definition) is 9. The number of thiazole rings is 1. The second-order valence-electron chi connectivity index (χ2n) is 11.7. The molecule has 43 heavy (non-hydrogen) atoms. The number of carbonyl (C=O) groups excluding carboxylic acids is 3. The molecule has 1 aliphatic rings. The van der Waals surface area contributed by atoms with Crippen LogP contribution in [0, 0.1) is 12.3 Å². The Morgan fingerprint density at radius 1 is 1.12 bits per heavy atom. The number of benzene rings is 1. The summed E-state index contributed by atoms with van der Waals surface area (Å²) in [5.74, 6) is -1.28. The molecule has 0 saturated carbocycles. The van der Waals surface area contributed by atoms with Crippen LogP contribution in [0.5, 0.6) is 0 Å². The number of β-amino-alcohol motifs (C(OH)–C–C–N with tert-alkyl or cyclic N) is 1. The quantitative estimate of drug-likeness (QED) is 0.275. The van der Waals surface area contributed by atoms with Crippen molar-refractivity contribution in [3.63, 3.8) is 0 Å². The van der Waals surface area contributed by atoms with Crippen LogP contribution in [0.1, 0.15) is 65.3 Å². The Bertz CT molecular complexity index is 1210. The third-order valence-electron chi connectivity index (χ3n) is 7.25. The molecule has 1 aliphatic heterocycles. The molecule has 238 valence electrons. The molecule has 4 atom stereocenters. The van der Waals surface area contributed by atoms with Gasteiger partial charge in [-0.3, -0.25) is 14.4 Å². The molecular formula is C31H46N4O7S. The summed E-state index contributed by atoms with van der Waals surface area (Å²) in [5, 5.41) is 16.3. The van der Waals surface area contributed by atoms with Crippen LogP contribution in [0.2, 0.25) is 0 Å². The van der Waals surface area contributed by atoms with Crippen LogP contribution in [0.15, 0.2) is 29.8 Å². The molecule has 12 heteroatoms. The summed E-state index contributed by atoms with van der Waals surface area (Å²) in [6, 6.07) is 5.78. The predicted molar refractivity (Wildman–Crippen MR) is 164 cm³/mol. The first kappa shape index (κ1) is 34.6. The number of aromatic nitrogens is 1. The Kier molecular flexibility index (Phi) is 12.6. The molecule has 0 bridgehead atoms. The fourth-order valence-corrected chi connectivity index (χ4v) is 5.79. The molecule has 11 nitrogen and oxygen atoms in total. The van der Waals surface area contributed by atoms with Crippen LogP contribution < -0.4 is 10.6 Å². The lowest BCUT2D eigenvalue weighted by Crippen LogP contribution is -2.58. The number of ether oxygens (including phenoxy) is 3. The summed E-state index contributed by atoms with van der Waals surface area (Å²) >= 11 is 1.58. The zero-order valence-electron chi connectivity index (χ0n) is 26.2. The number of hydrogen-bond donors (Lipinski definition) is 3. The van der Waals surface area contributed by atoms with Crippen molar-refractivity contribution in [3.05, 3.63) is 41.0 Å². The van der Waals surface area contributed by atoms with Crippen molar-refractivity contribution in [2.45, 2.75) is 85.4 Å². The Labute approximate surface area is 258 Å². The lowest BCUT2D eigenvalue weighted by Gasteiger charge is -2.35. The van der Waals surface area contributed by atoms with Gasteiger partial charge in [0.25, 0.3) is 0 Å². The van der Waals surface area contributed by atoms with E-state index in [1.165, 1.54) is 4.90 Å². The number of nitrogens with zero attached hydrogens (tertiary/aromatic N) is 2. The van der Waals surface area contributed by atoms with Crippen LogP contribution in [-0.4, -0.2) is 90.2 Å². The highest BCUT2D eigenvalue weighted by Crippen LogP contribution is 2.29. The molecule has 1 saturated heterocycles. The van der Waals surface area contributed by atoms with Crippen molar-refractivity contribution in [1.29, 1.82) is 0 Å². The molecule has 2 heterocycles. The van der Waals surface area contributed by atoms with Gasteiger partial charge in [0, 0.05) is 26.2 Å². The van der Waals surface area contributed by atoms with E-state index in [-0.39, 0.29) is 38.1 Å². The average molecular weight is 619 g/mol. The average Bonchev–Trinajstić information content (AvgIpc) is 3.56. The van der Waals surface area contributed by atoms with Crippen LogP contribution in [-0.2, 0) is 28.6 Å². The van der Waals surface area contributed by atoms with Crippen molar-refractivity contribution in [1.82, 2.24) is 20.5 Å². The molecule has 1 aromatic heterocycles. The van der Waals surface area contributed by atoms with Gasteiger partial charge in [-0.05, 0) is 44.2 Å². The van der Waals surface area contributed by atoms with E-state index in [1.54, 1.807) is 11.3 Å². The van der Waals surface area contributed by atoms with E-state index in [1.807, 2.05) is 78.2 Å². The highest BCUT2D eigenvalue weighted by atomic mass is 32.1. The SMILES string of the molecule is CCOC(COCC(=O)N[C@H](C(=O)N1CC(O)CC1C(=O)N[C@@H](C)c1ccc(-c2scnc2C)cc1)C(C)(C)C)OCC. The van der Waals surface area contributed by atoms with Gasteiger partial charge in [-0.15, -0.1) is 11.3 Å². The number of likely N-dealkylation sites (tertiary alicyclic amines) is 1. The molecule has 3 amide bonds. The fourth-order valence-electron chi connectivity index (χ4n) is 4.98. The largest absolute Gasteiger partial charge is 0.391 e. The first-order chi connectivity index (χ1) is 20.3. The molecule has 0 aliphatic carbocycles. The maximum Gasteiger partial charge on any atom is 0.246 e. The summed E-state index contributed by atoms with van der Waals surface area (Å²) in [4.78, 5) is 46.8. The zero-order chi connectivity index (χ0) is 31.7. The van der Waals surface area contributed by atoms with Gasteiger partial charge in [0.05, 0.1) is 34.8 Å². The van der Waals surface area contributed by atoms with E-state index in [9.17, 15) is 19.5 Å². The van der Waals surface area contributed by atoms with Crippen molar-refractivity contribution < 1.29 is 33.7 Å². The van der Waals surface area contributed by atoms with Crippen LogP contribution in [0.4, 0.5) is 0 Å². The minimum atomic E-state index is -0.945. The van der Waals surface area contributed by atoms with Gasteiger partial charge in [-0.25, -0.2) is 4.98 Å². The maximum absolute atomic E-state index is 13.8. The Balaban J connectivity index is 1.64. The number of nitrogens with one attached hydrogen (secondary N) is 2. The van der Waals surface area contributed by atoms with Crippen LogP contribution >= 0.6 is 11.3 Å². The summed E-state index contributed by atoms with van der Waals surface area (Å²) in [5.41, 5.74) is 4.08. The summed E-state index contributed by atoms with van der Waals surface area (Å²) in [6.45, 7) is 13.7. The van der Waals surface area contributed by atoms with Crippen LogP contribution in [0.25, 0.3) is 10.4 Å². The number of aliphatic hydroxyl groups excluding tert-OH is 1. The molecule has 3 rings (SSSR count). The number of carbonyl (C=O) groups is 3. The topological polar surface area (TPSA) is 139 Å². The molecule has 0 spiro atoms. The van der Waals surface area contributed by atoms with E-state index in [4.69, 9.17) is 14.2 Å². The molecule has 2 unspecified atom stereocenters. The number of aryl methyl sites for hydroxylation is 1. The fraction of sp³-hybridized carbons (Fsp3) is 0.613. The molecular weight excluding hydrogens is 572 g/mol. The third kappa shape index (κ3) is 9.54. The van der Waals surface area contributed by atoms with E-state index < -0.39 is 41.7 Å². The number of aliphatic hydroxyl groups is 1. The van der Waals surface area contributed by atoms with Crippen molar-refractivity contribution >= 4 is 29.1 Å². The monoisotopic (exact) mass is 618 g/mol. The Morgan fingerprint density at radius 3 is 2.33 bits per heavy atom. The van der Waals surface area contributed by atoms with E-state index in [2.05, 4.69) is 15.6 Å². The van der Waals surface area contributed by atoms with E-state index in [0.29, 0.717) is 13.2 Å². The van der Waals surface area contributed by atoms with Gasteiger partial charge in [0.1, 0.15) is 18.7 Å². The standard InChI is InChI=1S/C31H46N4O7S/c1-8-41-26(42-9-2)17-40-16-25(37)34-28(31(5,6)7)30(39)35-15-23(36)14-24(35)29(38)33-19(3)21-10-12-22(13-11-21)27-20(4)32-18-43-27/h10-13,18-19,23-24,26,28,36H,8-9,14-17H2,1-7H3,(H,33,38)(H,34,37)/t19-,23?,24?,28+/m0/s1. The minimum Gasteiger partial charge on any atom is -0.391 e. The number of rotatable bonds is 14. The lowest BCUT2D eigenvalue weighted by molar-refractivity contribution is -0.169. The second-order valence-corrected chi connectivity index (χ2v) is 12.6. The highest BCUT2D eigenvalue weighted by molar-refractivity contribution is 7.13. The smallest absolute Gasteiger partial charge is 0.246 e. The van der Waals surface area contributed by atoms with Gasteiger partial charge >= 0.3 is 0 Å². The van der Waals surface area contributed by atoms with Gasteiger partial charge in [-0.2, -0.15) is 0 Å². The summed E-state index contributed by atoms with van der Waals surface area (Å²) in [6.07, 6.45) is -1.33. The normalized spacial score (nSPS) is 18.5. The summed E-state index contributed by atoms with van der Waals surface area (Å²) < 4.78 is 16.3. The molecule has 0 radical (unpaired) electrons. The number of amides is 3. The van der Waals surface area contributed by atoms with Crippen molar-refractivity contribution in [2.24, 2.45) is 5.41 Å². The third-order valence-corrected chi connectivity index (χ3v) is 8.23. The molecule has 3 N–H and O–H groups in total. The second kappa shape index (κ2) is 15.7. The Morgan fingerprint density at radius 2 is 1.77 bits per heavy atom.